The summed E-state index contributed by atoms with van der Waals surface area (Å²) in [5, 5.41) is 0. The van der Waals surface area contributed by atoms with Crippen molar-refractivity contribution in [2.45, 2.75) is 39.9 Å². The van der Waals surface area contributed by atoms with Crippen molar-refractivity contribution in [3.8, 4) is 0 Å². The smallest absolute Gasteiger partial charge is 0.326 e. The van der Waals surface area contributed by atoms with E-state index in [2.05, 4.69) is 0 Å². The largest absolute Gasteiger partial charge is 0.416 e. The van der Waals surface area contributed by atoms with Crippen molar-refractivity contribution < 1.29 is 13.2 Å². The van der Waals surface area contributed by atoms with Gasteiger partial charge in [-0.05, 0) is 29.0 Å². The Kier molecular flexibility index (Phi) is 3.87. The average Bonchev–Trinajstić information content (AvgIpc) is 2.13. The minimum atomic E-state index is -4.32. The van der Waals surface area contributed by atoms with Gasteiger partial charge in [0.05, 0.1) is 5.56 Å². The van der Waals surface area contributed by atoms with Crippen molar-refractivity contribution >= 4 is 0 Å². The average molecular weight is 245 g/mol. The molecule has 1 rings (SSSR count). The van der Waals surface area contributed by atoms with Crippen molar-refractivity contribution in [3.05, 3.63) is 34.9 Å². The minimum Gasteiger partial charge on any atom is -0.326 e. The van der Waals surface area contributed by atoms with Gasteiger partial charge in [-0.2, -0.15) is 13.2 Å². The molecule has 0 radical (unpaired) electrons. The molecule has 0 saturated carbocycles. The molecule has 0 atom stereocenters. The summed E-state index contributed by atoms with van der Waals surface area (Å²) in [6.45, 7) is 6.05. The van der Waals surface area contributed by atoms with Crippen molar-refractivity contribution in [1.82, 2.24) is 0 Å². The molecule has 0 heterocycles. The van der Waals surface area contributed by atoms with Crippen LogP contribution in [0.15, 0.2) is 18.2 Å². The van der Waals surface area contributed by atoms with Gasteiger partial charge in [0, 0.05) is 6.54 Å². The fourth-order valence-corrected chi connectivity index (χ4v) is 1.81. The molecule has 17 heavy (non-hydrogen) atoms. The van der Waals surface area contributed by atoms with Crippen LogP contribution in [0, 0.1) is 5.41 Å². The highest BCUT2D eigenvalue weighted by molar-refractivity contribution is 5.34. The Balaban J connectivity index is 3.09. The van der Waals surface area contributed by atoms with Crippen LogP contribution in [0.4, 0.5) is 13.2 Å². The van der Waals surface area contributed by atoms with Gasteiger partial charge < -0.3 is 5.73 Å². The molecule has 1 aromatic rings. The van der Waals surface area contributed by atoms with Crippen LogP contribution in [-0.4, -0.2) is 0 Å². The number of benzene rings is 1. The third kappa shape index (κ3) is 4.04. The number of nitrogens with two attached hydrogens (primary N) is 1. The molecule has 0 fully saturated rings. The Morgan fingerprint density at radius 1 is 1.12 bits per heavy atom. The first-order chi connectivity index (χ1) is 7.63. The highest BCUT2D eigenvalue weighted by Gasteiger charge is 2.32. The lowest BCUT2D eigenvalue weighted by molar-refractivity contribution is -0.138. The third-order valence-electron chi connectivity index (χ3n) is 2.43. The SMILES string of the molecule is CC(C)(C)Cc1ccc(C(F)(F)F)c(CN)c1. The second-order valence-electron chi connectivity index (χ2n) is 5.43. The van der Waals surface area contributed by atoms with E-state index in [4.69, 9.17) is 5.73 Å². The molecule has 0 amide bonds. The van der Waals surface area contributed by atoms with Crippen LogP contribution in [0.3, 0.4) is 0 Å². The van der Waals surface area contributed by atoms with Crippen LogP contribution in [0.1, 0.15) is 37.5 Å². The second kappa shape index (κ2) is 4.69. The van der Waals surface area contributed by atoms with Gasteiger partial charge in [-0.3, -0.25) is 0 Å². The predicted octanol–water partition coefficient (Wildman–Crippen LogP) is 3.75. The lowest BCUT2D eigenvalue weighted by Crippen LogP contribution is -2.14. The van der Waals surface area contributed by atoms with E-state index >= 15 is 0 Å². The molecule has 0 unspecified atom stereocenters. The molecule has 2 N–H and O–H groups in total. The van der Waals surface area contributed by atoms with Crippen LogP contribution in [-0.2, 0) is 19.1 Å². The molecule has 0 aliphatic heterocycles. The molecule has 0 aromatic heterocycles. The Hall–Kier alpha value is -1.03. The van der Waals surface area contributed by atoms with Crippen LogP contribution < -0.4 is 5.73 Å². The minimum absolute atomic E-state index is 0.0472. The molecular weight excluding hydrogens is 227 g/mol. The maximum absolute atomic E-state index is 12.6. The van der Waals surface area contributed by atoms with Crippen molar-refractivity contribution in [2.75, 3.05) is 0 Å². The van der Waals surface area contributed by atoms with Crippen LogP contribution in [0.2, 0.25) is 0 Å². The van der Waals surface area contributed by atoms with Gasteiger partial charge >= 0.3 is 6.18 Å². The molecular formula is C13H18F3N. The molecule has 0 saturated heterocycles. The summed E-state index contributed by atoms with van der Waals surface area (Å²) in [6.07, 6.45) is -3.59. The lowest BCUT2D eigenvalue weighted by atomic mass is 9.87. The van der Waals surface area contributed by atoms with E-state index < -0.39 is 11.7 Å². The van der Waals surface area contributed by atoms with Gasteiger partial charge in [0.15, 0.2) is 0 Å². The van der Waals surface area contributed by atoms with Crippen molar-refractivity contribution in [1.29, 1.82) is 0 Å². The van der Waals surface area contributed by atoms with Crippen LogP contribution >= 0.6 is 0 Å². The number of rotatable bonds is 2. The van der Waals surface area contributed by atoms with E-state index in [1.807, 2.05) is 20.8 Å². The fraction of sp³-hybridized carbons (Fsp3) is 0.538. The van der Waals surface area contributed by atoms with Crippen LogP contribution in [0.25, 0.3) is 0 Å². The zero-order valence-electron chi connectivity index (χ0n) is 10.4. The second-order valence-corrected chi connectivity index (χ2v) is 5.43. The number of halogens is 3. The van der Waals surface area contributed by atoms with Crippen molar-refractivity contribution in [2.24, 2.45) is 11.1 Å². The third-order valence-corrected chi connectivity index (χ3v) is 2.43. The summed E-state index contributed by atoms with van der Waals surface area (Å²) >= 11 is 0. The first-order valence-electron chi connectivity index (χ1n) is 5.52. The van der Waals surface area contributed by atoms with Gasteiger partial charge in [0.1, 0.15) is 0 Å². The normalized spacial score (nSPS) is 12.9. The zero-order chi connectivity index (χ0) is 13.3. The number of hydrogen-bond acceptors (Lipinski definition) is 1. The molecule has 0 spiro atoms. The van der Waals surface area contributed by atoms with Gasteiger partial charge in [0.25, 0.3) is 0 Å². The topological polar surface area (TPSA) is 26.0 Å². The van der Waals surface area contributed by atoms with Gasteiger partial charge in [0.2, 0.25) is 0 Å². The van der Waals surface area contributed by atoms with Gasteiger partial charge in [-0.25, -0.2) is 0 Å². The molecule has 4 heteroatoms. The summed E-state index contributed by atoms with van der Waals surface area (Å²) in [5.41, 5.74) is 5.86. The number of hydrogen-bond donors (Lipinski definition) is 1. The molecule has 0 aliphatic carbocycles. The van der Waals surface area contributed by atoms with E-state index in [9.17, 15) is 13.2 Å². The Morgan fingerprint density at radius 3 is 2.12 bits per heavy atom. The first-order valence-corrected chi connectivity index (χ1v) is 5.52. The van der Waals surface area contributed by atoms with E-state index in [-0.39, 0.29) is 17.5 Å². The highest BCUT2D eigenvalue weighted by Crippen LogP contribution is 2.33. The molecule has 1 nitrogen and oxygen atoms in total. The monoisotopic (exact) mass is 245 g/mol. The summed E-state index contributed by atoms with van der Waals surface area (Å²) in [7, 11) is 0. The van der Waals surface area contributed by atoms with E-state index in [1.165, 1.54) is 6.07 Å². The summed E-state index contributed by atoms with van der Waals surface area (Å²) in [5.74, 6) is 0. The maximum Gasteiger partial charge on any atom is 0.416 e. The quantitative estimate of drug-likeness (QED) is 0.843. The van der Waals surface area contributed by atoms with Crippen LogP contribution in [0.5, 0.6) is 0 Å². The zero-order valence-corrected chi connectivity index (χ0v) is 10.4. The lowest BCUT2D eigenvalue weighted by Gasteiger charge is -2.20. The molecule has 96 valence electrons. The van der Waals surface area contributed by atoms with Gasteiger partial charge in [-0.15, -0.1) is 0 Å². The Labute approximate surface area is 99.8 Å². The molecule has 1 aromatic carbocycles. The van der Waals surface area contributed by atoms with E-state index in [1.54, 1.807) is 6.07 Å². The van der Waals surface area contributed by atoms with E-state index in [0.717, 1.165) is 18.1 Å². The van der Waals surface area contributed by atoms with E-state index in [0.29, 0.717) is 0 Å². The standard InChI is InChI=1S/C13H18F3N/c1-12(2,3)7-9-4-5-11(13(14,15)16)10(6-9)8-17/h4-6H,7-8,17H2,1-3H3. The summed E-state index contributed by atoms with van der Waals surface area (Å²) in [6, 6.07) is 4.23. The Bertz CT molecular complexity index is 389. The summed E-state index contributed by atoms with van der Waals surface area (Å²) < 4.78 is 37.9. The molecule has 0 aliphatic rings. The summed E-state index contributed by atoms with van der Waals surface area (Å²) in [4.78, 5) is 0. The number of alkyl halides is 3. The van der Waals surface area contributed by atoms with Gasteiger partial charge in [-0.1, -0.05) is 32.9 Å². The molecule has 0 bridgehead atoms. The maximum atomic E-state index is 12.6. The first kappa shape index (κ1) is 14.0. The highest BCUT2D eigenvalue weighted by atomic mass is 19.4. The van der Waals surface area contributed by atoms with Crippen molar-refractivity contribution in [3.63, 3.8) is 0 Å². The fourth-order valence-electron chi connectivity index (χ4n) is 1.81. The Morgan fingerprint density at radius 2 is 1.71 bits per heavy atom. The predicted molar refractivity (Wildman–Crippen MR) is 62.5 cm³/mol.